The fourth-order valence-electron chi connectivity index (χ4n) is 2.65. The molecule has 11 heteroatoms. The van der Waals surface area contributed by atoms with Gasteiger partial charge in [0, 0.05) is 18.3 Å². The largest absolute Gasteiger partial charge is 0.481 e. The van der Waals surface area contributed by atoms with E-state index in [4.69, 9.17) is 5.11 Å². The minimum absolute atomic E-state index is 0.0566. The first-order chi connectivity index (χ1) is 12.4. The summed E-state index contributed by atoms with van der Waals surface area (Å²) in [5.74, 6) is -3.92. The summed E-state index contributed by atoms with van der Waals surface area (Å²) in [6.07, 6.45) is 3.48. The van der Waals surface area contributed by atoms with E-state index in [1.165, 1.54) is 12.5 Å². The minimum Gasteiger partial charge on any atom is -0.481 e. The third-order valence-corrected chi connectivity index (χ3v) is 3.98. The average molecular weight is 367 g/mol. The van der Waals surface area contributed by atoms with Gasteiger partial charge in [-0.15, -0.1) is 0 Å². The molecule has 0 saturated carbocycles. The predicted octanol–water partition coefficient (Wildman–Crippen LogP) is -1.77. The molecule has 2 rings (SSSR count). The molecule has 11 nitrogen and oxygen atoms in total. The van der Waals surface area contributed by atoms with E-state index in [2.05, 4.69) is 25.9 Å². The van der Waals surface area contributed by atoms with Crippen molar-refractivity contribution in [2.24, 2.45) is 0 Å². The molecule has 1 aliphatic heterocycles. The minimum atomic E-state index is -1.37. The van der Waals surface area contributed by atoms with Crippen molar-refractivity contribution in [3.8, 4) is 0 Å². The Labute approximate surface area is 148 Å². The Morgan fingerprint density at radius 2 is 2.00 bits per heavy atom. The Hall–Kier alpha value is -2.95. The molecule has 0 aliphatic carbocycles. The molecule has 1 aromatic rings. The van der Waals surface area contributed by atoms with Crippen LogP contribution in [0.5, 0.6) is 0 Å². The van der Waals surface area contributed by atoms with Gasteiger partial charge in [-0.1, -0.05) is 0 Å². The Bertz CT molecular complexity index is 655. The molecule has 1 aromatic heterocycles. The van der Waals surface area contributed by atoms with Crippen LogP contribution in [0.15, 0.2) is 12.5 Å². The van der Waals surface area contributed by atoms with Gasteiger partial charge in [0.15, 0.2) is 0 Å². The van der Waals surface area contributed by atoms with E-state index < -0.39 is 48.3 Å². The van der Waals surface area contributed by atoms with Crippen molar-refractivity contribution >= 4 is 23.8 Å². The molecule has 3 atom stereocenters. The lowest BCUT2D eigenvalue weighted by Crippen LogP contribution is -2.55. The maximum absolute atomic E-state index is 12.4. The zero-order valence-corrected chi connectivity index (χ0v) is 13.9. The number of aromatic amines is 1. The Morgan fingerprint density at radius 1 is 1.23 bits per heavy atom. The van der Waals surface area contributed by atoms with Gasteiger partial charge in [-0.3, -0.25) is 14.4 Å². The van der Waals surface area contributed by atoms with E-state index >= 15 is 0 Å². The number of imidazole rings is 1. The standard InChI is InChI=1S/C15H21N5O6/c21-12(22)5-10(19-13(23)9-2-1-3-17-9)14(24)20-11(15(25)26)4-8-6-16-7-18-8/h6-7,9-11,17H,1-5H2,(H,16,18)(H,19,23)(H,20,24)(H,21,22)(H,25,26). The summed E-state index contributed by atoms with van der Waals surface area (Å²) in [6.45, 7) is 0.666. The highest BCUT2D eigenvalue weighted by atomic mass is 16.4. The average Bonchev–Trinajstić information content (AvgIpc) is 3.26. The number of hydrogen-bond acceptors (Lipinski definition) is 6. The lowest BCUT2D eigenvalue weighted by Gasteiger charge is -2.21. The highest BCUT2D eigenvalue weighted by Gasteiger charge is 2.31. The Morgan fingerprint density at radius 3 is 2.54 bits per heavy atom. The second-order valence-corrected chi connectivity index (χ2v) is 5.99. The topological polar surface area (TPSA) is 174 Å². The SMILES string of the molecule is O=C(O)CC(NC(=O)C1CCCN1)C(=O)NC(Cc1cnc[nH]1)C(=O)O. The van der Waals surface area contributed by atoms with Gasteiger partial charge in [0.05, 0.1) is 18.8 Å². The van der Waals surface area contributed by atoms with Gasteiger partial charge >= 0.3 is 11.9 Å². The van der Waals surface area contributed by atoms with Crippen LogP contribution in [0.2, 0.25) is 0 Å². The number of aromatic nitrogens is 2. The summed E-state index contributed by atoms with van der Waals surface area (Å²) in [6, 6.07) is -3.15. The van der Waals surface area contributed by atoms with Crippen molar-refractivity contribution in [2.75, 3.05) is 6.54 Å². The van der Waals surface area contributed by atoms with Gasteiger partial charge in [-0.25, -0.2) is 9.78 Å². The third-order valence-electron chi connectivity index (χ3n) is 3.98. The number of hydrogen-bond donors (Lipinski definition) is 6. The molecule has 6 N–H and O–H groups in total. The zero-order valence-electron chi connectivity index (χ0n) is 13.9. The number of rotatable bonds is 9. The van der Waals surface area contributed by atoms with E-state index in [9.17, 15) is 24.3 Å². The molecule has 0 radical (unpaired) electrons. The van der Waals surface area contributed by atoms with Crippen molar-refractivity contribution < 1.29 is 29.4 Å². The normalized spacial score (nSPS) is 18.7. The number of amides is 2. The summed E-state index contributed by atoms with van der Waals surface area (Å²) < 4.78 is 0. The fourth-order valence-corrected chi connectivity index (χ4v) is 2.65. The van der Waals surface area contributed by atoms with Gasteiger partial charge in [-0.2, -0.15) is 0 Å². The van der Waals surface area contributed by atoms with Crippen molar-refractivity contribution in [2.45, 2.75) is 43.8 Å². The van der Waals surface area contributed by atoms with Gasteiger partial charge in [-0.05, 0) is 19.4 Å². The first-order valence-electron chi connectivity index (χ1n) is 8.12. The highest BCUT2D eigenvalue weighted by Crippen LogP contribution is 2.06. The zero-order chi connectivity index (χ0) is 19.1. The second kappa shape index (κ2) is 8.94. The van der Waals surface area contributed by atoms with Crippen molar-refractivity contribution in [3.63, 3.8) is 0 Å². The van der Waals surface area contributed by atoms with Crippen LogP contribution in [-0.2, 0) is 25.6 Å². The van der Waals surface area contributed by atoms with Crippen LogP contribution in [0.3, 0.4) is 0 Å². The van der Waals surface area contributed by atoms with Crippen LogP contribution in [0.4, 0.5) is 0 Å². The number of aliphatic carboxylic acids is 2. The summed E-state index contributed by atoms with van der Waals surface area (Å²) >= 11 is 0. The van der Waals surface area contributed by atoms with Crippen LogP contribution in [0.1, 0.15) is 25.0 Å². The van der Waals surface area contributed by atoms with E-state index in [-0.39, 0.29) is 6.42 Å². The first-order valence-corrected chi connectivity index (χ1v) is 8.12. The Balaban J connectivity index is 2.02. The fraction of sp³-hybridized carbons (Fsp3) is 0.533. The van der Waals surface area contributed by atoms with E-state index in [0.29, 0.717) is 18.7 Å². The molecule has 1 aliphatic rings. The van der Waals surface area contributed by atoms with Crippen molar-refractivity contribution in [1.29, 1.82) is 0 Å². The van der Waals surface area contributed by atoms with E-state index in [1.54, 1.807) is 0 Å². The third kappa shape index (κ3) is 5.55. The van der Waals surface area contributed by atoms with Gasteiger partial charge < -0.3 is 31.1 Å². The number of nitrogens with one attached hydrogen (secondary N) is 4. The first kappa shape index (κ1) is 19.4. The number of carbonyl (C=O) groups is 4. The lowest BCUT2D eigenvalue weighted by atomic mass is 10.1. The van der Waals surface area contributed by atoms with E-state index in [1.807, 2.05) is 0 Å². The second-order valence-electron chi connectivity index (χ2n) is 5.99. The number of carboxylic acids is 2. The van der Waals surface area contributed by atoms with Crippen molar-refractivity contribution in [1.82, 2.24) is 25.9 Å². The number of nitrogens with zero attached hydrogens (tertiary/aromatic N) is 1. The molecule has 0 spiro atoms. The number of carbonyl (C=O) groups excluding carboxylic acids is 2. The molecule has 26 heavy (non-hydrogen) atoms. The van der Waals surface area contributed by atoms with Crippen LogP contribution in [-0.4, -0.2) is 68.6 Å². The molecule has 142 valence electrons. The highest BCUT2D eigenvalue weighted by molar-refractivity contribution is 5.94. The predicted molar refractivity (Wildman–Crippen MR) is 87.1 cm³/mol. The van der Waals surface area contributed by atoms with Crippen molar-refractivity contribution in [3.05, 3.63) is 18.2 Å². The summed E-state index contributed by atoms with van der Waals surface area (Å²) in [7, 11) is 0. The summed E-state index contributed by atoms with van der Waals surface area (Å²) in [5, 5.41) is 25.9. The molecule has 0 aromatic carbocycles. The molecular weight excluding hydrogens is 346 g/mol. The molecule has 2 amide bonds. The smallest absolute Gasteiger partial charge is 0.326 e. The Kier molecular flexibility index (Phi) is 6.67. The molecule has 1 fully saturated rings. The molecule has 0 bridgehead atoms. The van der Waals surface area contributed by atoms with Crippen LogP contribution in [0.25, 0.3) is 0 Å². The number of H-pyrrole nitrogens is 1. The molecule has 3 unspecified atom stereocenters. The molecule has 1 saturated heterocycles. The van der Waals surface area contributed by atoms with Crippen LogP contribution < -0.4 is 16.0 Å². The molecule has 2 heterocycles. The maximum Gasteiger partial charge on any atom is 0.326 e. The van der Waals surface area contributed by atoms with Gasteiger partial charge in [0.25, 0.3) is 0 Å². The molecular formula is C15H21N5O6. The van der Waals surface area contributed by atoms with Gasteiger partial charge in [0.2, 0.25) is 11.8 Å². The van der Waals surface area contributed by atoms with Gasteiger partial charge in [0.1, 0.15) is 12.1 Å². The monoisotopic (exact) mass is 367 g/mol. The maximum atomic E-state index is 12.4. The van der Waals surface area contributed by atoms with E-state index in [0.717, 1.165) is 6.42 Å². The van der Waals surface area contributed by atoms with Crippen LogP contribution in [0, 0.1) is 0 Å². The summed E-state index contributed by atoms with van der Waals surface area (Å²) in [4.78, 5) is 53.4. The lowest BCUT2D eigenvalue weighted by molar-refractivity contribution is -0.143. The number of carboxylic acid groups (broad SMARTS) is 2. The summed E-state index contributed by atoms with van der Waals surface area (Å²) in [5.41, 5.74) is 0.492. The van der Waals surface area contributed by atoms with Crippen LogP contribution >= 0.6 is 0 Å². The quantitative estimate of drug-likeness (QED) is 0.297.